The molecule has 2 aromatic carbocycles. The molecule has 0 aliphatic carbocycles. The number of methoxy groups -OCH3 is 2. The summed E-state index contributed by atoms with van der Waals surface area (Å²) in [7, 11) is 6.83. The number of hydrogen-bond acceptors (Lipinski definition) is 6. The van der Waals surface area contributed by atoms with Crippen molar-refractivity contribution in [3.8, 4) is 11.5 Å². The Morgan fingerprint density at radius 2 is 1.82 bits per heavy atom. The number of hydrogen-bond donors (Lipinski definition) is 1. The molecule has 0 bridgehead atoms. The SMILES string of the molecule is COc1cc(C(=O)Nc2ccc3c(c2)CCN3C(=O)Cc2ccccn2)c(N(C)C)cc1OC. The van der Waals surface area contributed by atoms with E-state index in [0.717, 1.165) is 23.4 Å². The van der Waals surface area contributed by atoms with E-state index in [1.807, 2.05) is 55.4 Å². The van der Waals surface area contributed by atoms with Gasteiger partial charge >= 0.3 is 0 Å². The molecule has 1 aliphatic rings. The van der Waals surface area contributed by atoms with Gasteiger partial charge in [-0.15, -0.1) is 0 Å². The highest BCUT2D eigenvalue weighted by Gasteiger charge is 2.26. The number of anilines is 3. The number of pyridine rings is 1. The van der Waals surface area contributed by atoms with E-state index in [-0.39, 0.29) is 18.2 Å². The zero-order valence-electron chi connectivity index (χ0n) is 19.8. The fourth-order valence-electron chi connectivity index (χ4n) is 4.11. The molecule has 2 heterocycles. The molecule has 8 nitrogen and oxygen atoms in total. The zero-order chi connectivity index (χ0) is 24.2. The smallest absolute Gasteiger partial charge is 0.257 e. The normalized spacial score (nSPS) is 12.2. The molecule has 0 fully saturated rings. The number of aromatic nitrogens is 1. The van der Waals surface area contributed by atoms with Crippen LogP contribution in [0.25, 0.3) is 0 Å². The lowest BCUT2D eigenvalue weighted by atomic mass is 10.1. The molecule has 0 radical (unpaired) electrons. The van der Waals surface area contributed by atoms with Crippen molar-refractivity contribution >= 4 is 28.9 Å². The van der Waals surface area contributed by atoms with Crippen molar-refractivity contribution < 1.29 is 19.1 Å². The Hall–Kier alpha value is -4.07. The molecule has 2 amide bonds. The summed E-state index contributed by atoms with van der Waals surface area (Å²) in [4.78, 5) is 33.9. The van der Waals surface area contributed by atoms with Crippen molar-refractivity contribution in [1.82, 2.24) is 4.98 Å². The number of ether oxygens (including phenoxy) is 2. The van der Waals surface area contributed by atoms with E-state index in [9.17, 15) is 9.59 Å². The molecular formula is C26H28N4O4. The van der Waals surface area contributed by atoms with Crippen molar-refractivity contribution in [2.45, 2.75) is 12.8 Å². The first-order valence-electron chi connectivity index (χ1n) is 11.0. The van der Waals surface area contributed by atoms with Crippen molar-refractivity contribution in [2.24, 2.45) is 0 Å². The quantitative estimate of drug-likeness (QED) is 0.581. The topological polar surface area (TPSA) is 84.0 Å². The Balaban J connectivity index is 1.53. The number of carbonyl (C=O) groups excluding carboxylic acids is 2. The van der Waals surface area contributed by atoms with Crippen molar-refractivity contribution in [3.63, 3.8) is 0 Å². The molecule has 8 heteroatoms. The van der Waals surface area contributed by atoms with Crippen LogP contribution in [-0.4, -0.2) is 51.7 Å². The van der Waals surface area contributed by atoms with E-state index in [1.54, 1.807) is 30.3 Å². The van der Waals surface area contributed by atoms with Gasteiger partial charge in [-0.25, -0.2) is 0 Å². The highest BCUT2D eigenvalue weighted by atomic mass is 16.5. The second kappa shape index (κ2) is 9.82. The molecule has 3 aromatic rings. The zero-order valence-corrected chi connectivity index (χ0v) is 19.8. The third-order valence-electron chi connectivity index (χ3n) is 5.82. The maximum absolute atomic E-state index is 13.2. The van der Waals surface area contributed by atoms with Crippen molar-refractivity contribution in [2.75, 3.05) is 50.0 Å². The molecule has 34 heavy (non-hydrogen) atoms. The highest BCUT2D eigenvalue weighted by Crippen LogP contribution is 2.36. The fraction of sp³-hybridized carbons (Fsp3) is 0.269. The first kappa shape index (κ1) is 23.1. The average Bonchev–Trinajstić information content (AvgIpc) is 3.27. The van der Waals surface area contributed by atoms with E-state index in [0.29, 0.717) is 35.0 Å². The molecule has 0 unspecified atom stereocenters. The summed E-state index contributed by atoms with van der Waals surface area (Å²) in [6.45, 7) is 0.610. The number of amides is 2. The first-order chi connectivity index (χ1) is 16.4. The molecule has 0 saturated heterocycles. The van der Waals surface area contributed by atoms with Crippen molar-refractivity contribution in [1.29, 1.82) is 0 Å². The van der Waals surface area contributed by atoms with Gasteiger partial charge in [0, 0.05) is 50.0 Å². The maximum Gasteiger partial charge on any atom is 0.257 e. The molecule has 0 spiro atoms. The lowest BCUT2D eigenvalue weighted by Crippen LogP contribution is -2.30. The van der Waals surface area contributed by atoms with E-state index in [2.05, 4.69) is 10.3 Å². The number of rotatable bonds is 7. The van der Waals surface area contributed by atoms with Gasteiger partial charge in [-0.3, -0.25) is 14.6 Å². The van der Waals surface area contributed by atoms with E-state index in [4.69, 9.17) is 9.47 Å². The third kappa shape index (κ3) is 4.66. The summed E-state index contributed by atoms with van der Waals surface area (Å²) in [6, 6.07) is 14.6. The van der Waals surface area contributed by atoms with Gasteiger partial charge in [0.2, 0.25) is 5.91 Å². The minimum absolute atomic E-state index is 0.00943. The predicted octanol–water partition coefficient (Wildman–Crippen LogP) is 3.55. The second-order valence-corrected chi connectivity index (χ2v) is 8.21. The molecule has 1 aromatic heterocycles. The molecule has 1 aliphatic heterocycles. The van der Waals surface area contributed by atoms with Crippen LogP contribution in [0.1, 0.15) is 21.6 Å². The van der Waals surface area contributed by atoms with Crippen LogP contribution in [-0.2, 0) is 17.6 Å². The minimum atomic E-state index is -0.259. The minimum Gasteiger partial charge on any atom is -0.493 e. The Labute approximate surface area is 199 Å². The third-order valence-corrected chi connectivity index (χ3v) is 5.82. The summed E-state index contributed by atoms with van der Waals surface area (Å²) < 4.78 is 10.8. The van der Waals surface area contributed by atoms with Gasteiger partial charge in [0.05, 0.1) is 31.9 Å². The van der Waals surface area contributed by atoms with Crippen LogP contribution >= 0.6 is 0 Å². The first-order valence-corrected chi connectivity index (χ1v) is 11.0. The van der Waals surface area contributed by atoms with Gasteiger partial charge < -0.3 is 24.6 Å². The van der Waals surface area contributed by atoms with Gasteiger partial charge in [0.1, 0.15) is 0 Å². The van der Waals surface area contributed by atoms with E-state index >= 15 is 0 Å². The van der Waals surface area contributed by atoms with Crippen LogP contribution in [0.15, 0.2) is 54.7 Å². The maximum atomic E-state index is 13.2. The second-order valence-electron chi connectivity index (χ2n) is 8.21. The Bertz CT molecular complexity index is 1210. The predicted molar refractivity (Wildman–Crippen MR) is 132 cm³/mol. The lowest BCUT2D eigenvalue weighted by molar-refractivity contribution is -0.117. The Morgan fingerprint density at radius 1 is 1.06 bits per heavy atom. The lowest BCUT2D eigenvalue weighted by Gasteiger charge is -2.20. The number of carbonyl (C=O) groups is 2. The average molecular weight is 461 g/mol. The summed E-state index contributed by atoms with van der Waals surface area (Å²) >= 11 is 0. The largest absolute Gasteiger partial charge is 0.493 e. The standard InChI is InChI=1S/C26H28N4O4/c1-29(2)22-16-24(34-4)23(33-3)15-20(22)26(32)28-19-8-9-21-17(13-19)10-12-30(21)25(31)14-18-7-5-6-11-27-18/h5-9,11,13,15-16H,10,12,14H2,1-4H3,(H,28,32). The van der Waals surface area contributed by atoms with E-state index < -0.39 is 0 Å². The summed E-state index contributed by atoms with van der Waals surface area (Å²) in [6.07, 6.45) is 2.67. The van der Waals surface area contributed by atoms with Gasteiger partial charge in [-0.1, -0.05) is 6.07 Å². The molecule has 1 N–H and O–H groups in total. The molecule has 4 rings (SSSR count). The van der Waals surface area contributed by atoms with Crippen LogP contribution in [0, 0.1) is 0 Å². The number of fused-ring (bicyclic) bond motifs is 1. The van der Waals surface area contributed by atoms with Crippen LogP contribution in [0.3, 0.4) is 0 Å². The van der Waals surface area contributed by atoms with E-state index in [1.165, 1.54) is 7.11 Å². The van der Waals surface area contributed by atoms with Crippen molar-refractivity contribution in [3.05, 3.63) is 71.5 Å². The number of nitrogens with one attached hydrogen (secondary N) is 1. The summed E-state index contributed by atoms with van der Waals surface area (Å²) in [5.74, 6) is 0.783. The highest BCUT2D eigenvalue weighted by molar-refractivity contribution is 6.09. The van der Waals surface area contributed by atoms with Crippen LogP contribution in [0.5, 0.6) is 11.5 Å². The molecule has 0 saturated carbocycles. The van der Waals surface area contributed by atoms with Gasteiger partial charge in [-0.2, -0.15) is 0 Å². The molecule has 0 atom stereocenters. The van der Waals surface area contributed by atoms with Gasteiger partial charge in [0.15, 0.2) is 11.5 Å². The Kier molecular flexibility index (Phi) is 6.67. The van der Waals surface area contributed by atoms with Crippen LogP contribution in [0.2, 0.25) is 0 Å². The molecular weight excluding hydrogens is 432 g/mol. The number of benzene rings is 2. The van der Waals surface area contributed by atoms with Gasteiger partial charge in [-0.05, 0) is 48.4 Å². The number of nitrogens with zero attached hydrogens (tertiary/aromatic N) is 3. The van der Waals surface area contributed by atoms with Crippen LogP contribution in [0.4, 0.5) is 17.1 Å². The van der Waals surface area contributed by atoms with Gasteiger partial charge in [0.25, 0.3) is 5.91 Å². The van der Waals surface area contributed by atoms with Crippen LogP contribution < -0.4 is 24.6 Å². The summed E-state index contributed by atoms with van der Waals surface area (Å²) in [5, 5.41) is 2.98. The molecule has 176 valence electrons. The monoisotopic (exact) mass is 460 g/mol. The fourth-order valence-corrected chi connectivity index (χ4v) is 4.11. The summed E-state index contributed by atoms with van der Waals surface area (Å²) in [5.41, 5.74) is 4.49. The Morgan fingerprint density at radius 3 is 2.50 bits per heavy atom.